The molecule has 4 nitrogen and oxygen atoms in total. The Bertz CT molecular complexity index is 175. The van der Waals surface area contributed by atoms with Gasteiger partial charge in [-0.25, -0.2) is 0 Å². The second-order valence-corrected chi connectivity index (χ2v) is 3.69. The van der Waals surface area contributed by atoms with Gasteiger partial charge in [-0.05, 0) is 12.8 Å². The third kappa shape index (κ3) is 4.07. The molecule has 0 aliphatic carbocycles. The topological polar surface area (TPSA) is 55.8 Å². The molecule has 1 aliphatic heterocycles. The van der Waals surface area contributed by atoms with Crippen molar-refractivity contribution < 1.29 is 19.4 Å². The van der Waals surface area contributed by atoms with E-state index in [1.54, 1.807) is 0 Å². The van der Waals surface area contributed by atoms with Crippen LogP contribution in [0.4, 0.5) is 0 Å². The van der Waals surface area contributed by atoms with Gasteiger partial charge in [-0.15, -0.1) is 0 Å². The Balaban J connectivity index is 2.15. The van der Waals surface area contributed by atoms with Crippen molar-refractivity contribution in [2.75, 3.05) is 19.8 Å². The Morgan fingerprint density at radius 2 is 2.50 bits per heavy atom. The first-order valence-corrected chi connectivity index (χ1v) is 5.13. The molecule has 0 aromatic rings. The second kappa shape index (κ2) is 5.98. The second-order valence-electron chi connectivity index (χ2n) is 3.69. The quantitative estimate of drug-likeness (QED) is 0.705. The molecule has 0 amide bonds. The highest BCUT2D eigenvalue weighted by Crippen LogP contribution is 2.14. The van der Waals surface area contributed by atoms with E-state index in [0.29, 0.717) is 12.5 Å². The van der Waals surface area contributed by atoms with Crippen LogP contribution < -0.4 is 0 Å². The molecule has 0 aromatic carbocycles. The zero-order valence-electron chi connectivity index (χ0n) is 8.57. The van der Waals surface area contributed by atoms with Crippen molar-refractivity contribution in [2.45, 2.75) is 32.3 Å². The van der Waals surface area contributed by atoms with Crippen LogP contribution in [0.3, 0.4) is 0 Å². The Hall–Kier alpha value is -0.610. The summed E-state index contributed by atoms with van der Waals surface area (Å²) >= 11 is 0. The summed E-state index contributed by atoms with van der Waals surface area (Å²) in [6.45, 7) is 4.14. The fourth-order valence-corrected chi connectivity index (χ4v) is 1.50. The molecular formula is C10H18O4. The smallest absolute Gasteiger partial charge is 0.305 e. The molecule has 0 saturated carbocycles. The van der Waals surface area contributed by atoms with Gasteiger partial charge in [0.15, 0.2) is 0 Å². The van der Waals surface area contributed by atoms with Crippen LogP contribution in [-0.4, -0.2) is 37.0 Å². The minimum absolute atomic E-state index is 0.101. The number of aliphatic carboxylic acids is 1. The third-order valence-electron chi connectivity index (χ3n) is 2.45. The van der Waals surface area contributed by atoms with E-state index in [1.165, 1.54) is 0 Å². The molecule has 82 valence electrons. The summed E-state index contributed by atoms with van der Waals surface area (Å²) in [6.07, 6.45) is 1.74. The molecule has 1 N–H and O–H groups in total. The molecular weight excluding hydrogens is 184 g/mol. The molecule has 1 fully saturated rings. The van der Waals surface area contributed by atoms with Gasteiger partial charge >= 0.3 is 5.97 Å². The normalized spacial score (nSPS) is 23.6. The van der Waals surface area contributed by atoms with Crippen molar-refractivity contribution in [1.29, 1.82) is 0 Å². The highest BCUT2D eigenvalue weighted by molar-refractivity contribution is 5.67. The molecule has 14 heavy (non-hydrogen) atoms. The standard InChI is InChI=1S/C10H18O4/c1-2-9(5-10(11)12)14-7-8-3-4-13-6-8/h8-9H,2-7H2,1H3,(H,11,12). The Labute approximate surface area is 84.2 Å². The lowest BCUT2D eigenvalue weighted by atomic mass is 10.1. The molecule has 0 aromatic heterocycles. The maximum Gasteiger partial charge on any atom is 0.305 e. The van der Waals surface area contributed by atoms with Crippen LogP contribution in [-0.2, 0) is 14.3 Å². The van der Waals surface area contributed by atoms with E-state index >= 15 is 0 Å². The fraction of sp³-hybridized carbons (Fsp3) is 0.900. The Morgan fingerprint density at radius 1 is 1.71 bits per heavy atom. The summed E-state index contributed by atoms with van der Waals surface area (Å²) in [5.41, 5.74) is 0. The van der Waals surface area contributed by atoms with Crippen molar-refractivity contribution in [3.8, 4) is 0 Å². The van der Waals surface area contributed by atoms with Crippen molar-refractivity contribution >= 4 is 5.97 Å². The van der Waals surface area contributed by atoms with Gasteiger partial charge in [-0.3, -0.25) is 4.79 Å². The largest absolute Gasteiger partial charge is 0.481 e. The molecule has 1 heterocycles. The molecule has 0 spiro atoms. The van der Waals surface area contributed by atoms with E-state index in [0.717, 1.165) is 26.1 Å². The van der Waals surface area contributed by atoms with Crippen LogP contribution in [0.5, 0.6) is 0 Å². The van der Waals surface area contributed by atoms with Gasteiger partial charge < -0.3 is 14.6 Å². The van der Waals surface area contributed by atoms with E-state index < -0.39 is 5.97 Å². The molecule has 1 rings (SSSR count). The summed E-state index contributed by atoms with van der Waals surface area (Å²) < 4.78 is 10.7. The highest BCUT2D eigenvalue weighted by atomic mass is 16.5. The first-order valence-electron chi connectivity index (χ1n) is 5.13. The molecule has 2 atom stereocenters. The zero-order chi connectivity index (χ0) is 10.4. The SMILES string of the molecule is CCC(CC(=O)O)OCC1CCOC1. The van der Waals surface area contributed by atoms with Crippen molar-refractivity contribution in [1.82, 2.24) is 0 Å². The van der Waals surface area contributed by atoms with Gasteiger partial charge in [0.25, 0.3) is 0 Å². The van der Waals surface area contributed by atoms with Crippen molar-refractivity contribution in [3.63, 3.8) is 0 Å². The summed E-state index contributed by atoms with van der Waals surface area (Å²) in [5, 5.41) is 8.60. The summed E-state index contributed by atoms with van der Waals surface area (Å²) in [4.78, 5) is 10.5. The molecule has 0 bridgehead atoms. The van der Waals surface area contributed by atoms with Gasteiger partial charge in [-0.2, -0.15) is 0 Å². The van der Waals surface area contributed by atoms with Gasteiger partial charge in [-0.1, -0.05) is 6.92 Å². The van der Waals surface area contributed by atoms with Crippen LogP contribution in [0.2, 0.25) is 0 Å². The summed E-state index contributed by atoms with van der Waals surface area (Å²) in [7, 11) is 0. The number of carboxylic acid groups (broad SMARTS) is 1. The number of hydrogen-bond acceptors (Lipinski definition) is 3. The number of carboxylic acids is 1. The average Bonchev–Trinajstić information content (AvgIpc) is 2.64. The number of hydrogen-bond donors (Lipinski definition) is 1. The van der Waals surface area contributed by atoms with Gasteiger partial charge in [0.05, 0.1) is 25.7 Å². The van der Waals surface area contributed by atoms with E-state index in [9.17, 15) is 4.79 Å². The van der Waals surface area contributed by atoms with Crippen LogP contribution in [0.15, 0.2) is 0 Å². The first kappa shape index (κ1) is 11.5. The third-order valence-corrected chi connectivity index (χ3v) is 2.45. The maximum atomic E-state index is 10.5. The molecule has 4 heteroatoms. The van der Waals surface area contributed by atoms with Gasteiger partial charge in [0.1, 0.15) is 0 Å². The summed E-state index contributed by atoms with van der Waals surface area (Å²) in [6, 6.07) is 0. The monoisotopic (exact) mass is 202 g/mol. The number of rotatable bonds is 6. The number of carbonyl (C=O) groups is 1. The molecule has 2 unspecified atom stereocenters. The van der Waals surface area contributed by atoms with Crippen LogP contribution >= 0.6 is 0 Å². The van der Waals surface area contributed by atoms with Crippen LogP contribution in [0, 0.1) is 5.92 Å². The summed E-state index contributed by atoms with van der Waals surface area (Å²) in [5.74, 6) is -0.336. The van der Waals surface area contributed by atoms with Crippen LogP contribution in [0.1, 0.15) is 26.2 Å². The van der Waals surface area contributed by atoms with Crippen LogP contribution in [0.25, 0.3) is 0 Å². The molecule has 1 saturated heterocycles. The van der Waals surface area contributed by atoms with Crippen molar-refractivity contribution in [2.24, 2.45) is 5.92 Å². The molecule has 0 radical (unpaired) electrons. The zero-order valence-corrected chi connectivity index (χ0v) is 8.57. The Kier molecular flexibility index (Phi) is 4.90. The fourth-order valence-electron chi connectivity index (χ4n) is 1.50. The first-order chi connectivity index (χ1) is 6.72. The minimum atomic E-state index is -0.792. The van der Waals surface area contributed by atoms with Gasteiger partial charge in [0, 0.05) is 12.5 Å². The van der Waals surface area contributed by atoms with Crippen molar-refractivity contribution in [3.05, 3.63) is 0 Å². The van der Waals surface area contributed by atoms with E-state index in [4.69, 9.17) is 14.6 Å². The van der Waals surface area contributed by atoms with E-state index in [-0.39, 0.29) is 12.5 Å². The highest BCUT2D eigenvalue weighted by Gasteiger charge is 2.18. The van der Waals surface area contributed by atoms with Gasteiger partial charge in [0.2, 0.25) is 0 Å². The maximum absolute atomic E-state index is 10.5. The minimum Gasteiger partial charge on any atom is -0.481 e. The molecule has 1 aliphatic rings. The van der Waals surface area contributed by atoms with E-state index in [2.05, 4.69) is 0 Å². The van der Waals surface area contributed by atoms with E-state index in [1.807, 2.05) is 6.92 Å². The lowest BCUT2D eigenvalue weighted by molar-refractivity contribution is -0.140. The predicted octanol–water partition coefficient (Wildman–Crippen LogP) is 1.29. The lowest BCUT2D eigenvalue weighted by Gasteiger charge is -2.16. The predicted molar refractivity (Wildman–Crippen MR) is 51.2 cm³/mol. The average molecular weight is 202 g/mol. The Morgan fingerprint density at radius 3 is 3.00 bits per heavy atom. The lowest BCUT2D eigenvalue weighted by Crippen LogP contribution is -2.21. The number of ether oxygens (including phenoxy) is 2.